The van der Waals surface area contributed by atoms with Crippen LogP contribution in [0.2, 0.25) is 0 Å². The lowest BCUT2D eigenvalue weighted by molar-refractivity contribution is 0.0951. The third-order valence-corrected chi connectivity index (χ3v) is 2.99. The second-order valence-corrected chi connectivity index (χ2v) is 5.14. The number of halogens is 1. The summed E-state index contributed by atoms with van der Waals surface area (Å²) in [6, 6.07) is 2.17. The molecule has 1 amide bonds. The number of anilines is 1. The number of hydrogen-bond donors (Lipinski definition) is 2. The lowest BCUT2D eigenvalue weighted by Crippen LogP contribution is -2.26. The number of hydrogen-bond acceptors (Lipinski definition) is 3. The van der Waals surface area contributed by atoms with Gasteiger partial charge in [0.2, 0.25) is 0 Å². The molecule has 2 N–H and O–H groups in total. The molecule has 0 unspecified atom stereocenters. The number of nitrogens with one attached hydrogen (secondary N) is 2. The Morgan fingerprint density at radius 3 is 3.00 bits per heavy atom. The van der Waals surface area contributed by atoms with E-state index in [0.29, 0.717) is 17.4 Å². The van der Waals surface area contributed by atoms with E-state index in [-0.39, 0.29) is 5.91 Å². The zero-order chi connectivity index (χ0) is 12.3. The zero-order valence-corrected chi connectivity index (χ0v) is 11.4. The molecule has 1 saturated carbocycles. The Morgan fingerprint density at radius 1 is 1.59 bits per heavy atom. The highest BCUT2D eigenvalue weighted by atomic mass is 79.9. The molecular formula is C12H16BrN3O. The topological polar surface area (TPSA) is 54.0 Å². The SMILES string of the molecule is CCCNc1ncc(Br)cc1C(=O)NC1CC1. The molecule has 1 aromatic rings. The maximum Gasteiger partial charge on any atom is 0.255 e. The van der Waals surface area contributed by atoms with E-state index in [0.717, 1.165) is 30.3 Å². The van der Waals surface area contributed by atoms with Crippen LogP contribution in [0, 0.1) is 0 Å². The summed E-state index contributed by atoms with van der Waals surface area (Å²) in [7, 11) is 0. The molecule has 4 nitrogen and oxygen atoms in total. The molecule has 1 heterocycles. The van der Waals surface area contributed by atoms with Crippen LogP contribution < -0.4 is 10.6 Å². The van der Waals surface area contributed by atoms with E-state index in [4.69, 9.17) is 0 Å². The highest BCUT2D eigenvalue weighted by Gasteiger charge is 2.25. The van der Waals surface area contributed by atoms with Gasteiger partial charge in [-0.3, -0.25) is 4.79 Å². The van der Waals surface area contributed by atoms with Gasteiger partial charge in [-0.05, 0) is 41.3 Å². The van der Waals surface area contributed by atoms with Crippen molar-refractivity contribution in [1.82, 2.24) is 10.3 Å². The highest BCUT2D eigenvalue weighted by molar-refractivity contribution is 9.10. The predicted octanol–water partition coefficient (Wildman–Crippen LogP) is 2.56. The minimum Gasteiger partial charge on any atom is -0.369 e. The molecule has 0 spiro atoms. The molecule has 2 rings (SSSR count). The maximum atomic E-state index is 12.0. The summed E-state index contributed by atoms with van der Waals surface area (Å²) >= 11 is 3.34. The van der Waals surface area contributed by atoms with E-state index >= 15 is 0 Å². The van der Waals surface area contributed by atoms with E-state index in [2.05, 4.69) is 38.5 Å². The lowest BCUT2D eigenvalue weighted by Gasteiger charge is -2.10. The lowest BCUT2D eigenvalue weighted by atomic mass is 10.2. The van der Waals surface area contributed by atoms with Crippen LogP contribution in [0.5, 0.6) is 0 Å². The first-order valence-corrected chi connectivity index (χ1v) is 6.70. The van der Waals surface area contributed by atoms with Crippen LogP contribution in [0.25, 0.3) is 0 Å². The number of amides is 1. The van der Waals surface area contributed by atoms with Gasteiger partial charge in [0.1, 0.15) is 5.82 Å². The minimum absolute atomic E-state index is 0.0418. The number of pyridine rings is 1. The molecule has 1 aliphatic rings. The van der Waals surface area contributed by atoms with Gasteiger partial charge in [0, 0.05) is 23.3 Å². The zero-order valence-electron chi connectivity index (χ0n) is 9.79. The molecule has 0 radical (unpaired) electrons. The van der Waals surface area contributed by atoms with E-state index in [1.165, 1.54) is 0 Å². The van der Waals surface area contributed by atoms with Crippen LogP contribution >= 0.6 is 15.9 Å². The second kappa shape index (κ2) is 5.49. The largest absolute Gasteiger partial charge is 0.369 e. The summed E-state index contributed by atoms with van der Waals surface area (Å²) < 4.78 is 0.820. The van der Waals surface area contributed by atoms with Crippen LogP contribution in [0.15, 0.2) is 16.7 Å². The molecule has 1 fully saturated rings. The van der Waals surface area contributed by atoms with Crippen LogP contribution in [0.3, 0.4) is 0 Å². The van der Waals surface area contributed by atoms with Crippen LogP contribution in [-0.4, -0.2) is 23.5 Å². The van der Waals surface area contributed by atoms with Crippen molar-refractivity contribution < 1.29 is 4.79 Å². The molecule has 0 saturated heterocycles. The Labute approximate surface area is 109 Å². The first-order chi connectivity index (χ1) is 8.20. The molecule has 0 bridgehead atoms. The van der Waals surface area contributed by atoms with Gasteiger partial charge < -0.3 is 10.6 Å². The monoisotopic (exact) mass is 297 g/mol. The van der Waals surface area contributed by atoms with Crippen molar-refractivity contribution in [2.45, 2.75) is 32.2 Å². The summed E-state index contributed by atoms with van der Waals surface area (Å²) in [5, 5.41) is 6.15. The summed E-state index contributed by atoms with van der Waals surface area (Å²) in [6.07, 6.45) is 4.88. The van der Waals surface area contributed by atoms with Crippen LogP contribution in [0.1, 0.15) is 36.5 Å². The van der Waals surface area contributed by atoms with E-state index in [1.807, 2.05) is 6.07 Å². The number of carbonyl (C=O) groups is 1. The number of carbonyl (C=O) groups excluding carboxylic acids is 1. The summed E-state index contributed by atoms with van der Waals surface area (Å²) in [5.74, 6) is 0.619. The smallest absolute Gasteiger partial charge is 0.255 e. The molecule has 1 aromatic heterocycles. The Hall–Kier alpha value is -1.10. The normalized spacial score (nSPS) is 14.5. The predicted molar refractivity (Wildman–Crippen MR) is 71.2 cm³/mol. The Bertz CT molecular complexity index is 418. The van der Waals surface area contributed by atoms with Crippen molar-refractivity contribution in [3.63, 3.8) is 0 Å². The first kappa shape index (κ1) is 12.4. The van der Waals surface area contributed by atoms with E-state index in [1.54, 1.807) is 6.20 Å². The Kier molecular flexibility index (Phi) is 3.99. The molecule has 0 aliphatic heterocycles. The second-order valence-electron chi connectivity index (χ2n) is 4.22. The van der Waals surface area contributed by atoms with Crippen molar-refractivity contribution in [3.05, 3.63) is 22.3 Å². The fraction of sp³-hybridized carbons (Fsp3) is 0.500. The van der Waals surface area contributed by atoms with E-state index in [9.17, 15) is 4.79 Å². The standard InChI is InChI=1S/C12H16BrN3O/c1-2-5-14-11-10(6-8(13)7-15-11)12(17)16-9-3-4-9/h6-7,9H,2-5H2,1H3,(H,14,15)(H,16,17). The van der Waals surface area contributed by atoms with Gasteiger partial charge in [-0.2, -0.15) is 0 Å². The molecular weight excluding hydrogens is 282 g/mol. The van der Waals surface area contributed by atoms with E-state index < -0.39 is 0 Å². The summed E-state index contributed by atoms with van der Waals surface area (Å²) in [6.45, 7) is 2.90. The average Bonchev–Trinajstić information content (AvgIpc) is 3.11. The van der Waals surface area contributed by atoms with Crippen molar-refractivity contribution in [2.24, 2.45) is 0 Å². The number of rotatable bonds is 5. The van der Waals surface area contributed by atoms with Crippen LogP contribution in [0.4, 0.5) is 5.82 Å². The molecule has 0 aromatic carbocycles. The summed E-state index contributed by atoms with van der Waals surface area (Å²) in [5.41, 5.74) is 0.611. The van der Waals surface area contributed by atoms with Gasteiger partial charge in [0.25, 0.3) is 5.91 Å². The third kappa shape index (κ3) is 3.43. The molecule has 5 heteroatoms. The van der Waals surface area contributed by atoms with Crippen molar-refractivity contribution in [1.29, 1.82) is 0 Å². The van der Waals surface area contributed by atoms with Gasteiger partial charge in [-0.15, -0.1) is 0 Å². The quantitative estimate of drug-likeness (QED) is 0.878. The van der Waals surface area contributed by atoms with Gasteiger partial charge in [-0.1, -0.05) is 6.92 Å². The third-order valence-electron chi connectivity index (χ3n) is 2.55. The van der Waals surface area contributed by atoms with Gasteiger partial charge in [-0.25, -0.2) is 4.98 Å². The minimum atomic E-state index is -0.0418. The molecule has 0 atom stereocenters. The van der Waals surface area contributed by atoms with Crippen LogP contribution in [-0.2, 0) is 0 Å². The van der Waals surface area contributed by atoms with Crippen molar-refractivity contribution >= 4 is 27.7 Å². The number of nitrogens with zero attached hydrogens (tertiary/aromatic N) is 1. The maximum absolute atomic E-state index is 12.0. The fourth-order valence-electron chi connectivity index (χ4n) is 1.49. The summed E-state index contributed by atoms with van der Waals surface area (Å²) in [4.78, 5) is 16.3. The fourth-order valence-corrected chi connectivity index (χ4v) is 1.82. The molecule has 1 aliphatic carbocycles. The average molecular weight is 298 g/mol. The Balaban J connectivity index is 2.15. The number of aromatic nitrogens is 1. The first-order valence-electron chi connectivity index (χ1n) is 5.91. The molecule has 17 heavy (non-hydrogen) atoms. The van der Waals surface area contributed by atoms with Gasteiger partial charge >= 0.3 is 0 Å². The Morgan fingerprint density at radius 2 is 2.35 bits per heavy atom. The molecule has 92 valence electrons. The van der Waals surface area contributed by atoms with Crippen molar-refractivity contribution in [2.75, 3.05) is 11.9 Å². The van der Waals surface area contributed by atoms with Gasteiger partial charge in [0.15, 0.2) is 0 Å². The highest BCUT2D eigenvalue weighted by Crippen LogP contribution is 2.22. The van der Waals surface area contributed by atoms with Crippen molar-refractivity contribution in [3.8, 4) is 0 Å². The van der Waals surface area contributed by atoms with Gasteiger partial charge in [0.05, 0.1) is 5.56 Å².